The first-order valence-corrected chi connectivity index (χ1v) is 9.19. The number of anilines is 1. The van der Waals surface area contributed by atoms with E-state index in [-0.39, 0.29) is 12.0 Å². The number of aromatic nitrogens is 3. The van der Waals surface area contributed by atoms with E-state index in [1.807, 2.05) is 12.1 Å². The van der Waals surface area contributed by atoms with Crippen LogP contribution in [0, 0.1) is 0 Å². The summed E-state index contributed by atoms with van der Waals surface area (Å²) in [5.41, 5.74) is 3.93. The van der Waals surface area contributed by atoms with Crippen LogP contribution in [0.25, 0.3) is 22.2 Å². The number of nitrogens with zero attached hydrogens (tertiary/aromatic N) is 3. The predicted octanol–water partition coefficient (Wildman–Crippen LogP) is 2.58. The molecule has 0 unspecified atom stereocenters. The molecule has 138 valence electrons. The van der Waals surface area contributed by atoms with E-state index in [0.29, 0.717) is 37.8 Å². The minimum Gasteiger partial charge on any atom is -0.376 e. The van der Waals surface area contributed by atoms with Crippen LogP contribution in [0.5, 0.6) is 0 Å². The van der Waals surface area contributed by atoms with E-state index in [1.54, 1.807) is 23.5 Å². The van der Waals surface area contributed by atoms with E-state index >= 15 is 0 Å². The molecule has 3 aromatic heterocycles. The Hall–Kier alpha value is -2.48. The van der Waals surface area contributed by atoms with Crippen molar-refractivity contribution in [2.45, 2.75) is 12.5 Å². The highest BCUT2D eigenvalue weighted by molar-refractivity contribution is 6.38. The van der Waals surface area contributed by atoms with Crippen LogP contribution in [0.15, 0.2) is 30.7 Å². The Labute approximate surface area is 160 Å². The summed E-state index contributed by atoms with van der Waals surface area (Å²) in [4.78, 5) is 26.2. The molecular formula is C19H17ClN4O3. The molecule has 0 radical (unpaired) electrons. The summed E-state index contributed by atoms with van der Waals surface area (Å²) in [5.74, 6) is 0.0223. The molecule has 1 atom stereocenters. The summed E-state index contributed by atoms with van der Waals surface area (Å²) in [5, 5.41) is 1.47. The average molecular weight is 385 g/mol. The summed E-state index contributed by atoms with van der Waals surface area (Å²) in [6, 6.07) is 3.85. The summed E-state index contributed by atoms with van der Waals surface area (Å²) in [6.45, 7) is 2.10. The first kappa shape index (κ1) is 16.7. The topological polar surface area (TPSA) is 80.3 Å². The van der Waals surface area contributed by atoms with Crippen LogP contribution in [-0.2, 0) is 20.7 Å². The van der Waals surface area contributed by atoms with Gasteiger partial charge in [0.1, 0.15) is 5.65 Å². The number of hydrogen-bond donors (Lipinski definition) is 1. The van der Waals surface area contributed by atoms with E-state index < -0.39 is 0 Å². The molecule has 0 spiro atoms. The molecule has 2 aliphatic rings. The second kappa shape index (κ2) is 6.60. The van der Waals surface area contributed by atoms with Gasteiger partial charge in [-0.2, -0.15) is 0 Å². The standard InChI is InChI=1S/C19H17ClN4O3/c20-18-13-1-2-21-19(13)23-8-14(18)11-5-16-15(22-7-11)6-17(25)24(16)9-12-10-26-3-4-27-12/h1-2,5,7-8,12H,3-4,6,9-10H2,(H,21,23)/t12-/m0/s1. The van der Waals surface area contributed by atoms with Crippen molar-refractivity contribution in [2.75, 3.05) is 31.3 Å². The third-order valence-electron chi connectivity index (χ3n) is 4.96. The van der Waals surface area contributed by atoms with Crippen LogP contribution < -0.4 is 4.90 Å². The highest BCUT2D eigenvalue weighted by Crippen LogP contribution is 2.36. The molecule has 5 rings (SSSR count). The molecule has 1 saturated heterocycles. The minimum absolute atomic E-state index is 0.0223. The Morgan fingerprint density at radius 3 is 3.07 bits per heavy atom. The van der Waals surface area contributed by atoms with Crippen LogP contribution in [0.1, 0.15) is 5.69 Å². The van der Waals surface area contributed by atoms with Crippen molar-refractivity contribution in [3.8, 4) is 11.1 Å². The lowest BCUT2D eigenvalue weighted by molar-refractivity contribution is -0.119. The fourth-order valence-electron chi connectivity index (χ4n) is 3.59. The Kier molecular flexibility index (Phi) is 4.07. The van der Waals surface area contributed by atoms with Crippen LogP contribution in [-0.4, -0.2) is 53.3 Å². The van der Waals surface area contributed by atoms with Gasteiger partial charge in [-0.3, -0.25) is 9.78 Å². The zero-order valence-electron chi connectivity index (χ0n) is 14.4. The van der Waals surface area contributed by atoms with Gasteiger partial charge in [0.15, 0.2) is 0 Å². The zero-order valence-corrected chi connectivity index (χ0v) is 15.2. The normalized spacial score (nSPS) is 19.7. The van der Waals surface area contributed by atoms with Gasteiger partial charge in [-0.15, -0.1) is 0 Å². The number of fused-ring (bicyclic) bond motifs is 2. The summed E-state index contributed by atoms with van der Waals surface area (Å²) in [6.07, 6.45) is 5.45. The molecule has 7 nitrogen and oxygen atoms in total. The highest BCUT2D eigenvalue weighted by atomic mass is 35.5. The lowest BCUT2D eigenvalue weighted by atomic mass is 10.1. The number of pyridine rings is 2. The largest absolute Gasteiger partial charge is 0.376 e. The molecule has 1 fully saturated rings. The maximum Gasteiger partial charge on any atom is 0.233 e. The number of halogens is 1. The van der Waals surface area contributed by atoms with Crippen LogP contribution in [0.2, 0.25) is 5.02 Å². The number of aromatic amines is 1. The number of nitrogens with one attached hydrogen (secondary N) is 1. The first-order chi connectivity index (χ1) is 13.2. The van der Waals surface area contributed by atoms with E-state index in [4.69, 9.17) is 21.1 Å². The van der Waals surface area contributed by atoms with Crippen molar-refractivity contribution < 1.29 is 14.3 Å². The van der Waals surface area contributed by atoms with Gasteiger partial charge in [-0.25, -0.2) is 4.98 Å². The summed E-state index contributed by atoms with van der Waals surface area (Å²) >= 11 is 6.58. The van der Waals surface area contributed by atoms with Gasteiger partial charge < -0.3 is 19.4 Å². The van der Waals surface area contributed by atoms with Crippen molar-refractivity contribution in [3.63, 3.8) is 0 Å². The molecule has 0 saturated carbocycles. The minimum atomic E-state index is -0.126. The number of hydrogen-bond acceptors (Lipinski definition) is 5. The van der Waals surface area contributed by atoms with Gasteiger partial charge in [0.25, 0.3) is 0 Å². The molecule has 1 amide bonds. The van der Waals surface area contributed by atoms with Crippen molar-refractivity contribution in [1.29, 1.82) is 0 Å². The number of H-pyrrole nitrogens is 1. The summed E-state index contributed by atoms with van der Waals surface area (Å²) < 4.78 is 11.2. The van der Waals surface area contributed by atoms with Crippen molar-refractivity contribution in [3.05, 3.63) is 41.4 Å². The number of carbonyl (C=O) groups excluding carboxylic acids is 1. The number of rotatable bonds is 3. The van der Waals surface area contributed by atoms with E-state index in [0.717, 1.165) is 33.5 Å². The van der Waals surface area contributed by atoms with Gasteiger partial charge in [-0.05, 0) is 12.1 Å². The van der Waals surface area contributed by atoms with Crippen LogP contribution >= 0.6 is 11.6 Å². The van der Waals surface area contributed by atoms with Gasteiger partial charge in [-0.1, -0.05) is 11.6 Å². The summed E-state index contributed by atoms with van der Waals surface area (Å²) in [7, 11) is 0. The van der Waals surface area contributed by atoms with E-state index in [1.165, 1.54) is 0 Å². The van der Waals surface area contributed by atoms with Crippen LogP contribution in [0.4, 0.5) is 5.69 Å². The molecule has 27 heavy (non-hydrogen) atoms. The zero-order chi connectivity index (χ0) is 18.4. The third kappa shape index (κ3) is 2.88. The van der Waals surface area contributed by atoms with Gasteiger partial charge in [0.05, 0.1) is 55.3 Å². The SMILES string of the molecule is O=C1Cc2ncc(-c3cnc4[nH]ccc4c3Cl)cc2N1C[C@H]1COCCO1. The fraction of sp³-hybridized carbons (Fsp3) is 0.316. The molecule has 0 bridgehead atoms. The lowest BCUT2D eigenvalue weighted by Crippen LogP contribution is -2.41. The Bertz CT molecular complexity index is 1030. The molecule has 2 aliphatic heterocycles. The Morgan fingerprint density at radius 2 is 2.22 bits per heavy atom. The molecule has 0 aliphatic carbocycles. The van der Waals surface area contributed by atoms with Gasteiger partial charge >= 0.3 is 0 Å². The fourth-order valence-corrected chi connectivity index (χ4v) is 3.90. The number of ether oxygens (including phenoxy) is 2. The second-order valence-corrected chi connectivity index (χ2v) is 7.04. The molecule has 1 N–H and O–H groups in total. The van der Waals surface area contributed by atoms with Crippen molar-refractivity contribution in [2.24, 2.45) is 0 Å². The van der Waals surface area contributed by atoms with E-state index in [9.17, 15) is 4.79 Å². The van der Waals surface area contributed by atoms with Gasteiger partial charge in [0, 0.05) is 35.1 Å². The third-order valence-corrected chi connectivity index (χ3v) is 5.37. The van der Waals surface area contributed by atoms with E-state index in [2.05, 4.69) is 15.0 Å². The average Bonchev–Trinajstić information content (AvgIpc) is 3.28. The molecule has 8 heteroatoms. The molecule has 0 aromatic carbocycles. The number of carbonyl (C=O) groups is 1. The van der Waals surface area contributed by atoms with Crippen molar-refractivity contribution in [1.82, 2.24) is 15.0 Å². The smallest absolute Gasteiger partial charge is 0.233 e. The predicted molar refractivity (Wildman–Crippen MR) is 101 cm³/mol. The lowest BCUT2D eigenvalue weighted by Gasteiger charge is -2.27. The maximum absolute atomic E-state index is 12.5. The second-order valence-electron chi connectivity index (χ2n) is 6.66. The van der Waals surface area contributed by atoms with Crippen molar-refractivity contribution >= 4 is 34.2 Å². The monoisotopic (exact) mass is 384 g/mol. The highest BCUT2D eigenvalue weighted by Gasteiger charge is 2.32. The Balaban J connectivity index is 1.51. The molecule has 5 heterocycles. The maximum atomic E-state index is 12.5. The Morgan fingerprint density at radius 1 is 1.30 bits per heavy atom. The number of amides is 1. The first-order valence-electron chi connectivity index (χ1n) is 8.81. The van der Waals surface area contributed by atoms with Gasteiger partial charge in [0.2, 0.25) is 5.91 Å². The molecular weight excluding hydrogens is 368 g/mol. The van der Waals surface area contributed by atoms with Crippen LogP contribution in [0.3, 0.4) is 0 Å². The molecule has 3 aromatic rings. The quantitative estimate of drug-likeness (QED) is 0.750.